The predicted molar refractivity (Wildman–Crippen MR) is 264 cm³/mol. The molecule has 3 aliphatic rings. The lowest BCUT2D eigenvalue weighted by atomic mass is 9.55. The average Bonchev–Trinajstić information content (AvgIpc) is 3.36. The summed E-state index contributed by atoms with van der Waals surface area (Å²) >= 11 is 0. The Bertz CT molecular complexity index is 2420. The van der Waals surface area contributed by atoms with Gasteiger partial charge in [-0.05, 0) is 103 Å². The molecule has 2 aliphatic carbocycles. The van der Waals surface area contributed by atoms with Crippen molar-refractivity contribution < 1.29 is 53.1 Å². The van der Waals surface area contributed by atoms with Crippen LogP contribution in [-0.2, 0) is 27.4 Å². The molecule has 4 aromatic rings. The van der Waals surface area contributed by atoms with E-state index in [1.165, 1.54) is 7.11 Å². The average molecular weight is 946 g/mol. The normalized spacial score (nSPS) is 21.7. The van der Waals surface area contributed by atoms with Crippen molar-refractivity contribution in [3.05, 3.63) is 132 Å². The molecule has 1 aliphatic heterocycles. The summed E-state index contributed by atoms with van der Waals surface area (Å²) in [5.74, 6) is -0.0286. The van der Waals surface area contributed by atoms with E-state index in [9.17, 15) is 15.0 Å². The van der Waals surface area contributed by atoms with Gasteiger partial charge < -0.3 is 48.4 Å². The van der Waals surface area contributed by atoms with Crippen molar-refractivity contribution in [1.29, 1.82) is 0 Å². The van der Waals surface area contributed by atoms with Gasteiger partial charge in [0.1, 0.15) is 41.4 Å². The van der Waals surface area contributed by atoms with Crippen LogP contribution >= 0.6 is 0 Å². The maximum absolute atomic E-state index is 15.0. The van der Waals surface area contributed by atoms with Gasteiger partial charge >= 0.3 is 6.09 Å². The number of carbonyl (C=O) groups is 2. The second-order valence-electron chi connectivity index (χ2n) is 17.7. The van der Waals surface area contributed by atoms with Crippen LogP contribution in [0.2, 0.25) is 0 Å². The van der Waals surface area contributed by atoms with Gasteiger partial charge in [0.15, 0.2) is 0 Å². The molecule has 6 atom stereocenters. The third-order valence-electron chi connectivity index (χ3n) is 13.4. The molecule has 69 heavy (non-hydrogen) atoms. The number of ether oxygens (including phenoxy) is 6. The molecule has 14 nitrogen and oxygen atoms in total. The molecule has 2 amide bonds. The number of hydrogen-bond acceptors (Lipinski definition) is 12. The number of anilines is 1. The number of hydrogen-bond donors (Lipinski definition) is 3. The number of allylic oxidation sites excluding steroid dienone is 1. The Hall–Kier alpha value is -6.35. The van der Waals surface area contributed by atoms with Crippen LogP contribution in [0, 0.1) is 17.8 Å². The van der Waals surface area contributed by atoms with Crippen molar-refractivity contribution in [2.24, 2.45) is 22.9 Å². The van der Waals surface area contributed by atoms with E-state index in [1.54, 1.807) is 44.6 Å². The molecule has 1 saturated carbocycles. The van der Waals surface area contributed by atoms with Crippen molar-refractivity contribution in [1.82, 2.24) is 4.90 Å². The van der Waals surface area contributed by atoms with E-state index in [4.69, 9.17) is 38.4 Å². The van der Waals surface area contributed by atoms with Gasteiger partial charge in [0.05, 0.1) is 51.7 Å². The number of benzene rings is 4. The fraction of sp³-hybridized carbons (Fsp3) is 0.436. The number of rotatable bonds is 24. The van der Waals surface area contributed by atoms with E-state index in [0.29, 0.717) is 60.2 Å². The van der Waals surface area contributed by atoms with E-state index in [1.807, 2.05) is 78.6 Å². The topological polar surface area (TPSA) is 167 Å². The number of nitrogens with one attached hydrogen (secondary N) is 1. The first kappa shape index (κ1) is 50.5. The monoisotopic (exact) mass is 945 g/mol. The highest BCUT2D eigenvalue weighted by atomic mass is 16.7. The zero-order valence-corrected chi connectivity index (χ0v) is 40.3. The molecule has 6 unspecified atom stereocenters. The summed E-state index contributed by atoms with van der Waals surface area (Å²) < 4.78 is 37.0. The van der Waals surface area contributed by atoms with Crippen LogP contribution in [0.1, 0.15) is 80.9 Å². The van der Waals surface area contributed by atoms with Crippen LogP contribution < -0.4 is 29.0 Å². The summed E-state index contributed by atoms with van der Waals surface area (Å²) in [4.78, 5) is 36.9. The summed E-state index contributed by atoms with van der Waals surface area (Å²) in [5.41, 5.74) is 4.56. The molecule has 0 bridgehead atoms. The van der Waals surface area contributed by atoms with Gasteiger partial charge in [-0.25, -0.2) is 4.79 Å². The SMILES string of the molecule is C=CCOC12Oc3ccc(OC(=O)Nc4ccc(OC)cc4OC)cc3C3C(CCCCO)C(CCCCO)C=C(C(=NOCc4ccccc4)CC1N(CCC)C(=O)Cc1cccc(OC)c1)C32. The lowest BCUT2D eigenvalue weighted by Gasteiger charge is -2.60. The number of nitrogens with zero attached hydrogens (tertiary/aromatic N) is 2. The van der Waals surface area contributed by atoms with Gasteiger partial charge in [-0.2, -0.15) is 0 Å². The highest BCUT2D eigenvalue weighted by molar-refractivity contribution is 6.03. The number of oxime groups is 1. The first-order valence-corrected chi connectivity index (χ1v) is 24.1. The van der Waals surface area contributed by atoms with E-state index in [0.717, 1.165) is 47.9 Å². The minimum Gasteiger partial charge on any atom is -0.497 e. The van der Waals surface area contributed by atoms with Crippen molar-refractivity contribution >= 4 is 23.4 Å². The lowest BCUT2D eigenvalue weighted by molar-refractivity contribution is -0.257. The highest BCUT2D eigenvalue weighted by Crippen LogP contribution is 2.62. The smallest absolute Gasteiger partial charge is 0.417 e. The van der Waals surface area contributed by atoms with Crippen molar-refractivity contribution in [3.63, 3.8) is 0 Å². The maximum atomic E-state index is 15.0. The number of aliphatic hydroxyl groups is 2. The number of amides is 2. The number of carbonyl (C=O) groups excluding carboxylic acids is 2. The number of methoxy groups -OCH3 is 3. The van der Waals surface area contributed by atoms with Gasteiger partial charge in [-0.1, -0.05) is 79.5 Å². The van der Waals surface area contributed by atoms with Crippen LogP contribution in [-0.4, -0.2) is 92.3 Å². The zero-order valence-electron chi connectivity index (χ0n) is 40.3. The quantitative estimate of drug-likeness (QED) is 0.0348. The second kappa shape index (κ2) is 24.3. The Morgan fingerprint density at radius 2 is 1.61 bits per heavy atom. The van der Waals surface area contributed by atoms with E-state index in [2.05, 4.69) is 18.0 Å². The first-order valence-electron chi connectivity index (χ1n) is 24.1. The van der Waals surface area contributed by atoms with Crippen LogP contribution in [0.4, 0.5) is 10.5 Å². The van der Waals surface area contributed by atoms with Crippen molar-refractivity contribution in [2.75, 3.05) is 53.0 Å². The van der Waals surface area contributed by atoms with Crippen LogP contribution in [0.15, 0.2) is 120 Å². The molecule has 0 saturated heterocycles. The number of aliphatic hydroxyl groups excluding tert-OH is 2. The van der Waals surface area contributed by atoms with Crippen LogP contribution in [0.25, 0.3) is 0 Å². The Labute approximate surface area is 405 Å². The molecule has 7 rings (SSSR count). The third kappa shape index (κ3) is 11.7. The molecule has 368 valence electrons. The zero-order chi connectivity index (χ0) is 48.8. The fourth-order valence-corrected chi connectivity index (χ4v) is 10.4. The van der Waals surface area contributed by atoms with E-state index < -0.39 is 23.8 Å². The van der Waals surface area contributed by atoms with Gasteiger partial charge in [0.2, 0.25) is 11.7 Å². The molecule has 1 fully saturated rings. The molecule has 0 spiro atoms. The standard InChI is InChI=1S/C55H67N3O11/c1-6-26-58(51(61)31-38-18-15-20-40(30-38)63-3)50-35-47(57-67-36-37-16-9-8-10-17-37)44-32-39(19-11-13-27-59)43(21-12-14-28-60)52-45-33-42(23-25-48(45)69-55(50,53(44)52)66-29-7-2)68-54(62)56-46-24-22-41(64-4)34-49(46)65-5/h7-10,15-18,20,22-25,30,32-34,39,43,50,52-53,59-60H,2,6,11-14,19,21,26-29,31,35-36H2,1,3-5H3,(H,56,62). The van der Waals surface area contributed by atoms with E-state index >= 15 is 4.79 Å². The van der Waals surface area contributed by atoms with Crippen molar-refractivity contribution in [3.8, 4) is 28.7 Å². The fourth-order valence-electron chi connectivity index (χ4n) is 10.4. The minimum absolute atomic E-state index is 0.00210. The highest BCUT2D eigenvalue weighted by Gasteiger charge is 2.65. The van der Waals surface area contributed by atoms with Gasteiger partial charge in [-0.3, -0.25) is 10.1 Å². The van der Waals surface area contributed by atoms with Crippen molar-refractivity contribution in [2.45, 2.75) is 89.1 Å². The van der Waals surface area contributed by atoms with Gasteiger partial charge in [0, 0.05) is 43.7 Å². The minimum atomic E-state index is -1.45. The summed E-state index contributed by atoms with van der Waals surface area (Å²) in [7, 11) is 4.67. The molecular weight excluding hydrogens is 879 g/mol. The molecule has 0 aromatic heterocycles. The Morgan fingerprint density at radius 3 is 2.33 bits per heavy atom. The molecule has 0 radical (unpaired) electrons. The van der Waals surface area contributed by atoms with Crippen LogP contribution in [0.5, 0.6) is 28.7 Å². The lowest BCUT2D eigenvalue weighted by Crippen LogP contribution is -2.70. The molecule has 4 aromatic carbocycles. The molecule has 3 N–H and O–H groups in total. The number of fused-ring (bicyclic) bond motifs is 2. The maximum Gasteiger partial charge on any atom is 0.417 e. The summed E-state index contributed by atoms with van der Waals surface area (Å²) in [5, 5.41) is 27.8. The number of unbranched alkanes of at least 4 members (excludes halogenated alkanes) is 2. The van der Waals surface area contributed by atoms with Gasteiger partial charge in [0.25, 0.3) is 0 Å². The third-order valence-corrected chi connectivity index (χ3v) is 13.4. The Balaban J connectivity index is 1.39. The van der Waals surface area contributed by atoms with Gasteiger partial charge in [-0.15, -0.1) is 6.58 Å². The second-order valence-corrected chi connectivity index (χ2v) is 17.7. The molecule has 14 heteroatoms. The van der Waals surface area contributed by atoms with E-state index in [-0.39, 0.29) is 68.7 Å². The summed E-state index contributed by atoms with van der Waals surface area (Å²) in [6.07, 6.45) is 8.59. The Morgan fingerprint density at radius 1 is 0.870 bits per heavy atom. The first-order chi connectivity index (χ1) is 33.7. The Kier molecular flexibility index (Phi) is 17.8. The largest absolute Gasteiger partial charge is 0.497 e. The predicted octanol–water partition coefficient (Wildman–Crippen LogP) is 9.64. The molecular formula is C55H67N3O11. The summed E-state index contributed by atoms with van der Waals surface area (Å²) in [6, 6.07) is 27.1. The van der Waals surface area contributed by atoms with Crippen LogP contribution in [0.3, 0.4) is 0 Å². The summed E-state index contributed by atoms with van der Waals surface area (Å²) in [6.45, 7) is 6.98. The molecule has 1 heterocycles.